The maximum Gasteiger partial charge on any atom is 0.326 e. The van der Waals surface area contributed by atoms with Gasteiger partial charge in [-0.1, -0.05) is 15.9 Å². The molecule has 140 valence electrons. The molecule has 0 aliphatic rings. The third-order valence-corrected chi connectivity index (χ3v) is 6.54. The summed E-state index contributed by atoms with van der Waals surface area (Å²) in [5.41, 5.74) is 1.90. The van der Waals surface area contributed by atoms with Crippen molar-refractivity contribution in [3.8, 4) is 5.75 Å². The summed E-state index contributed by atoms with van der Waals surface area (Å²) >= 11 is 3.39. The molecule has 0 fully saturated rings. The highest BCUT2D eigenvalue weighted by atomic mass is 79.9. The molecular formula is C18H20BrNO5S. The Morgan fingerprint density at radius 3 is 2.31 bits per heavy atom. The summed E-state index contributed by atoms with van der Waals surface area (Å²) in [6.07, 6.45) is 0. The molecule has 0 aliphatic carbocycles. The Kier molecular flexibility index (Phi) is 6.30. The average molecular weight is 442 g/mol. The second kappa shape index (κ2) is 8.09. The van der Waals surface area contributed by atoms with Crippen LogP contribution in [0.25, 0.3) is 0 Å². The second-order valence-electron chi connectivity index (χ2n) is 5.65. The molecule has 0 aromatic heterocycles. The van der Waals surface area contributed by atoms with Gasteiger partial charge in [0, 0.05) is 4.47 Å². The number of carbonyl (C=O) groups excluding carboxylic acids is 1. The summed E-state index contributed by atoms with van der Waals surface area (Å²) in [7, 11) is -1.24. The Bertz CT molecular complexity index is 927. The summed E-state index contributed by atoms with van der Waals surface area (Å²) in [5.74, 6) is -0.0673. The van der Waals surface area contributed by atoms with Gasteiger partial charge in [-0.2, -0.15) is 0 Å². The number of benzene rings is 2. The number of nitrogens with zero attached hydrogens (tertiary/aromatic N) is 1. The smallest absolute Gasteiger partial charge is 0.326 e. The van der Waals surface area contributed by atoms with E-state index in [-0.39, 0.29) is 4.90 Å². The monoisotopic (exact) mass is 441 g/mol. The molecule has 0 bridgehead atoms. The molecule has 6 nitrogen and oxygen atoms in total. The van der Waals surface area contributed by atoms with Gasteiger partial charge in [0.2, 0.25) is 0 Å². The Morgan fingerprint density at radius 1 is 1.08 bits per heavy atom. The SMILES string of the molecule is COC(=O)CN(c1ccc(Br)c(C)c1)S(=O)(=O)c1ccc(OC)c(C)c1. The van der Waals surface area contributed by atoms with Gasteiger partial charge in [0.05, 0.1) is 24.8 Å². The fourth-order valence-electron chi connectivity index (χ4n) is 2.42. The van der Waals surface area contributed by atoms with Gasteiger partial charge in [-0.3, -0.25) is 9.10 Å². The van der Waals surface area contributed by atoms with Crippen molar-refractivity contribution in [2.75, 3.05) is 25.1 Å². The molecule has 26 heavy (non-hydrogen) atoms. The Morgan fingerprint density at radius 2 is 1.77 bits per heavy atom. The number of halogens is 1. The van der Waals surface area contributed by atoms with E-state index in [0.717, 1.165) is 14.3 Å². The first-order valence-electron chi connectivity index (χ1n) is 7.71. The minimum absolute atomic E-state index is 0.0697. The molecule has 0 atom stereocenters. The van der Waals surface area contributed by atoms with Crippen molar-refractivity contribution in [3.63, 3.8) is 0 Å². The molecular weight excluding hydrogens is 422 g/mol. The van der Waals surface area contributed by atoms with Crippen LogP contribution in [-0.2, 0) is 19.6 Å². The highest BCUT2D eigenvalue weighted by molar-refractivity contribution is 9.10. The molecule has 0 unspecified atom stereocenters. The third-order valence-electron chi connectivity index (χ3n) is 3.88. The summed E-state index contributed by atoms with van der Waals surface area (Å²) < 4.78 is 38.1. The molecule has 0 amide bonds. The van der Waals surface area contributed by atoms with Crippen LogP contribution in [0.3, 0.4) is 0 Å². The molecule has 2 rings (SSSR count). The van der Waals surface area contributed by atoms with Gasteiger partial charge in [0.15, 0.2) is 0 Å². The molecule has 0 heterocycles. The predicted molar refractivity (Wildman–Crippen MR) is 103 cm³/mol. The summed E-state index contributed by atoms with van der Waals surface area (Å²) in [6.45, 7) is 3.17. The van der Waals surface area contributed by atoms with Gasteiger partial charge in [-0.05, 0) is 61.4 Å². The van der Waals surface area contributed by atoms with Crippen LogP contribution < -0.4 is 9.04 Å². The van der Waals surface area contributed by atoms with Crippen LogP contribution in [0.2, 0.25) is 0 Å². The zero-order valence-corrected chi connectivity index (χ0v) is 17.3. The molecule has 0 radical (unpaired) electrons. The number of rotatable bonds is 6. The van der Waals surface area contributed by atoms with Gasteiger partial charge in [-0.15, -0.1) is 0 Å². The summed E-state index contributed by atoms with van der Waals surface area (Å²) in [6, 6.07) is 9.63. The molecule has 0 saturated carbocycles. The number of aryl methyl sites for hydroxylation is 2. The van der Waals surface area contributed by atoms with Gasteiger partial charge in [-0.25, -0.2) is 8.42 Å². The number of methoxy groups -OCH3 is 2. The van der Waals surface area contributed by atoms with Gasteiger partial charge in [0.25, 0.3) is 10.0 Å². The third kappa shape index (κ3) is 4.19. The van der Waals surface area contributed by atoms with E-state index in [2.05, 4.69) is 20.7 Å². The predicted octanol–water partition coefficient (Wildman–Crippen LogP) is 3.44. The Balaban J connectivity index is 2.57. The molecule has 8 heteroatoms. The highest BCUT2D eigenvalue weighted by Gasteiger charge is 2.28. The van der Waals surface area contributed by atoms with E-state index in [1.807, 2.05) is 6.92 Å². The van der Waals surface area contributed by atoms with Crippen LogP contribution in [0, 0.1) is 13.8 Å². The van der Waals surface area contributed by atoms with Crippen LogP contribution >= 0.6 is 15.9 Å². The number of sulfonamides is 1. The number of hydrogen-bond acceptors (Lipinski definition) is 5. The van der Waals surface area contributed by atoms with Crippen molar-refractivity contribution in [2.45, 2.75) is 18.7 Å². The largest absolute Gasteiger partial charge is 0.496 e. The first-order chi connectivity index (χ1) is 12.2. The van der Waals surface area contributed by atoms with E-state index in [0.29, 0.717) is 17.0 Å². The van der Waals surface area contributed by atoms with Crippen LogP contribution in [0.4, 0.5) is 5.69 Å². The van der Waals surface area contributed by atoms with Gasteiger partial charge >= 0.3 is 5.97 Å². The Hall–Kier alpha value is -2.06. The quantitative estimate of drug-likeness (QED) is 0.641. The first kappa shape index (κ1) is 20.3. The lowest BCUT2D eigenvalue weighted by Crippen LogP contribution is -2.36. The highest BCUT2D eigenvalue weighted by Crippen LogP contribution is 2.29. The molecule has 0 N–H and O–H groups in total. The van der Waals surface area contributed by atoms with Crippen LogP contribution in [0.15, 0.2) is 45.8 Å². The van der Waals surface area contributed by atoms with Crippen LogP contribution in [-0.4, -0.2) is 35.2 Å². The van der Waals surface area contributed by atoms with E-state index >= 15 is 0 Å². The lowest BCUT2D eigenvalue weighted by atomic mass is 10.2. The van der Waals surface area contributed by atoms with Crippen molar-refractivity contribution in [2.24, 2.45) is 0 Å². The number of ether oxygens (including phenoxy) is 2. The van der Waals surface area contributed by atoms with Crippen LogP contribution in [0.1, 0.15) is 11.1 Å². The van der Waals surface area contributed by atoms with Crippen molar-refractivity contribution in [1.29, 1.82) is 0 Å². The first-order valence-corrected chi connectivity index (χ1v) is 9.94. The Labute approximate surface area is 161 Å². The average Bonchev–Trinajstić information content (AvgIpc) is 2.61. The summed E-state index contributed by atoms with van der Waals surface area (Å²) in [4.78, 5) is 11.9. The minimum atomic E-state index is -3.97. The normalized spacial score (nSPS) is 11.1. The van der Waals surface area contributed by atoms with Gasteiger partial charge in [0.1, 0.15) is 12.3 Å². The van der Waals surface area contributed by atoms with E-state index in [4.69, 9.17) is 4.74 Å². The zero-order chi connectivity index (χ0) is 19.5. The topological polar surface area (TPSA) is 72.9 Å². The fourth-order valence-corrected chi connectivity index (χ4v) is 4.15. The number of hydrogen-bond donors (Lipinski definition) is 0. The maximum atomic E-state index is 13.2. The van der Waals surface area contributed by atoms with Crippen molar-refractivity contribution >= 4 is 37.6 Å². The molecule has 0 saturated heterocycles. The van der Waals surface area contributed by atoms with Crippen molar-refractivity contribution in [1.82, 2.24) is 0 Å². The molecule has 2 aromatic carbocycles. The fraction of sp³-hybridized carbons (Fsp3) is 0.278. The number of esters is 1. The minimum Gasteiger partial charge on any atom is -0.496 e. The van der Waals surface area contributed by atoms with E-state index in [9.17, 15) is 13.2 Å². The standard InChI is InChI=1S/C18H20BrNO5S/c1-12-9-14(5-7-16(12)19)20(11-18(21)25-4)26(22,23)15-6-8-17(24-3)13(2)10-15/h5-10H,11H2,1-4H3. The molecule has 0 spiro atoms. The zero-order valence-electron chi connectivity index (χ0n) is 14.9. The van der Waals surface area contributed by atoms with E-state index in [1.165, 1.54) is 26.4 Å². The lowest BCUT2D eigenvalue weighted by molar-refractivity contribution is -0.138. The van der Waals surface area contributed by atoms with E-state index < -0.39 is 22.5 Å². The van der Waals surface area contributed by atoms with Crippen molar-refractivity contribution in [3.05, 3.63) is 52.0 Å². The van der Waals surface area contributed by atoms with Gasteiger partial charge < -0.3 is 9.47 Å². The number of carbonyl (C=O) groups is 1. The summed E-state index contributed by atoms with van der Waals surface area (Å²) in [5, 5.41) is 0. The molecule has 2 aromatic rings. The number of anilines is 1. The van der Waals surface area contributed by atoms with E-state index in [1.54, 1.807) is 31.2 Å². The lowest BCUT2D eigenvalue weighted by Gasteiger charge is -2.24. The van der Waals surface area contributed by atoms with Crippen molar-refractivity contribution < 1.29 is 22.7 Å². The second-order valence-corrected chi connectivity index (χ2v) is 8.37. The van der Waals surface area contributed by atoms with Crippen LogP contribution in [0.5, 0.6) is 5.75 Å². The molecule has 0 aliphatic heterocycles. The maximum absolute atomic E-state index is 13.2.